The van der Waals surface area contributed by atoms with Crippen LogP contribution in [0.25, 0.3) is 11.6 Å². The Bertz CT molecular complexity index is 810. The van der Waals surface area contributed by atoms with Crippen LogP contribution in [0.15, 0.2) is 42.5 Å². The lowest BCUT2D eigenvalue weighted by Crippen LogP contribution is -2.11. The van der Waals surface area contributed by atoms with Crippen LogP contribution in [-0.4, -0.2) is 24.8 Å². The standard InChI is InChI=1S/C18H14INO4/c1-23-16-9-12(8-15(19)18(16)24-11-17(21)22)7-14(10-20)13-5-3-2-4-6-13/h2-9H,11H2,1H3,(H,21,22)/b14-7+. The number of aliphatic carboxylic acids is 1. The number of carboxylic acid groups (broad SMARTS) is 1. The van der Waals surface area contributed by atoms with Gasteiger partial charge in [0.15, 0.2) is 18.1 Å². The van der Waals surface area contributed by atoms with Gasteiger partial charge in [-0.25, -0.2) is 4.79 Å². The zero-order chi connectivity index (χ0) is 17.5. The number of halogens is 1. The fraction of sp³-hybridized carbons (Fsp3) is 0.111. The minimum atomic E-state index is -1.06. The molecule has 6 heteroatoms. The molecule has 2 aromatic carbocycles. The number of ether oxygens (including phenoxy) is 2. The number of methoxy groups -OCH3 is 1. The van der Waals surface area contributed by atoms with E-state index in [1.54, 1.807) is 18.2 Å². The van der Waals surface area contributed by atoms with Gasteiger partial charge in [0, 0.05) is 0 Å². The molecule has 1 N–H and O–H groups in total. The highest BCUT2D eigenvalue weighted by atomic mass is 127. The first-order chi connectivity index (χ1) is 11.5. The van der Waals surface area contributed by atoms with Crippen LogP contribution in [-0.2, 0) is 4.79 Å². The number of hydrogen-bond acceptors (Lipinski definition) is 4. The van der Waals surface area contributed by atoms with Crippen molar-refractivity contribution in [3.63, 3.8) is 0 Å². The van der Waals surface area contributed by atoms with E-state index in [2.05, 4.69) is 6.07 Å². The van der Waals surface area contributed by atoms with Gasteiger partial charge in [-0.15, -0.1) is 0 Å². The number of nitriles is 1. The molecule has 0 bridgehead atoms. The van der Waals surface area contributed by atoms with Crippen molar-refractivity contribution in [2.75, 3.05) is 13.7 Å². The van der Waals surface area contributed by atoms with Crippen LogP contribution in [0, 0.1) is 14.9 Å². The Labute approximate surface area is 153 Å². The quantitative estimate of drug-likeness (QED) is 0.424. The molecule has 0 aliphatic heterocycles. The fourth-order valence-electron chi connectivity index (χ4n) is 2.06. The lowest BCUT2D eigenvalue weighted by molar-refractivity contribution is -0.139. The van der Waals surface area contributed by atoms with Crippen molar-refractivity contribution in [3.8, 4) is 17.6 Å². The topological polar surface area (TPSA) is 79.5 Å². The summed E-state index contributed by atoms with van der Waals surface area (Å²) in [5.74, 6) is -0.275. The number of allylic oxidation sites excluding steroid dienone is 1. The zero-order valence-electron chi connectivity index (χ0n) is 12.8. The third-order valence-electron chi connectivity index (χ3n) is 3.11. The maximum Gasteiger partial charge on any atom is 0.341 e. The largest absolute Gasteiger partial charge is 0.493 e. The van der Waals surface area contributed by atoms with Gasteiger partial charge >= 0.3 is 5.97 Å². The van der Waals surface area contributed by atoms with E-state index in [1.165, 1.54) is 7.11 Å². The van der Waals surface area contributed by atoms with E-state index < -0.39 is 12.6 Å². The Hall–Kier alpha value is -2.53. The van der Waals surface area contributed by atoms with Crippen LogP contribution in [0.3, 0.4) is 0 Å². The second kappa shape index (κ2) is 8.36. The average Bonchev–Trinajstić information content (AvgIpc) is 2.58. The van der Waals surface area contributed by atoms with Crippen LogP contribution in [0.2, 0.25) is 0 Å². The van der Waals surface area contributed by atoms with Gasteiger partial charge in [0.05, 0.1) is 22.3 Å². The van der Waals surface area contributed by atoms with Gasteiger partial charge in [0.1, 0.15) is 0 Å². The minimum Gasteiger partial charge on any atom is -0.493 e. The van der Waals surface area contributed by atoms with Crippen LogP contribution in [0.4, 0.5) is 0 Å². The molecule has 0 aliphatic rings. The second-order valence-corrected chi connectivity index (χ2v) is 5.91. The predicted octanol–water partition coefficient (Wildman–Crippen LogP) is 3.83. The lowest BCUT2D eigenvalue weighted by Gasteiger charge is -2.12. The average molecular weight is 435 g/mol. The highest BCUT2D eigenvalue weighted by molar-refractivity contribution is 14.1. The first-order valence-corrected chi connectivity index (χ1v) is 8.02. The highest BCUT2D eigenvalue weighted by Gasteiger charge is 2.13. The molecule has 122 valence electrons. The molecule has 0 heterocycles. The molecule has 24 heavy (non-hydrogen) atoms. The normalized spacial score (nSPS) is 10.8. The molecule has 5 nitrogen and oxygen atoms in total. The first kappa shape index (κ1) is 17.8. The Morgan fingerprint density at radius 1 is 1.33 bits per heavy atom. The summed E-state index contributed by atoms with van der Waals surface area (Å²) in [5, 5.41) is 18.1. The summed E-state index contributed by atoms with van der Waals surface area (Å²) >= 11 is 2.05. The van der Waals surface area contributed by atoms with E-state index in [0.717, 1.165) is 11.1 Å². The Morgan fingerprint density at radius 2 is 2.04 bits per heavy atom. The van der Waals surface area contributed by atoms with E-state index in [0.29, 0.717) is 20.6 Å². The summed E-state index contributed by atoms with van der Waals surface area (Å²) in [6, 6.07) is 15.1. The summed E-state index contributed by atoms with van der Waals surface area (Å²) < 4.78 is 11.3. The highest BCUT2D eigenvalue weighted by Crippen LogP contribution is 2.35. The van der Waals surface area contributed by atoms with Crippen molar-refractivity contribution in [2.45, 2.75) is 0 Å². The Morgan fingerprint density at radius 3 is 2.62 bits per heavy atom. The van der Waals surface area contributed by atoms with Gasteiger partial charge in [0.25, 0.3) is 0 Å². The zero-order valence-corrected chi connectivity index (χ0v) is 15.0. The molecule has 0 radical (unpaired) electrons. The first-order valence-electron chi connectivity index (χ1n) is 6.94. The molecule has 0 atom stereocenters. The molecular weight excluding hydrogens is 421 g/mol. The van der Waals surface area contributed by atoms with Crippen molar-refractivity contribution in [1.29, 1.82) is 5.26 Å². The molecular formula is C18H14INO4. The lowest BCUT2D eigenvalue weighted by atomic mass is 10.0. The van der Waals surface area contributed by atoms with Crippen molar-refractivity contribution >= 4 is 40.2 Å². The van der Waals surface area contributed by atoms with Crippen molar-refractivity contribution in [3.05, 3.63) is 57.2 Å². The summed E-state index contributed by atoms with van der Waals surface area (Å²) in [4.78, 5) is 10.7. The number of rotatable bonds is 6. The molecule has 0 unspecified atom stereocenters. The maximum atomic E-state index is 10.7. The van der Waals surface area contributed by atoms with E-state index in [9.17, 15) is 10.1 Å². The minimum absolute atomic E-state index is 0.371. The molecule has 0 amide bonds. The second-order valence-electron chi connectivity index (χ2n) is 4.75. The molecule has 0 saturated carbocycles. The predicted molar refractivity (Wildman–Crippen MR) is 98.8 cm³/mol. The van der Waals surface area contributed by atoms with Gasteiger partial charge in [0.2, 0.25) is 0 Å². The van der Waals surface area contributed by atoms with Crippen LogP contribution < -0.4 is 9.47 Å². The number of nitrogens with zero attached hydrogens (tertiary/aromatic N) is 1. The third kappa shape index (κ3) is 4.49. The molecule has 0 aromatic heterocycles. The molecule has 0 aliphatic carbocycles. The van der Waals surface area contributed by atoms with E-state index in [1.807, 2.05) is 52.9 Å². The van der Waals surface area contributed by atoms with Crippen LogP contribution in [0.1, 0.15) is 11.1 Å². The smallest absolute Gasteiger partial charge is 0.341 e. The van der Waals surface area contributed by atoms with Crippen molar-refractivity contribution in [1.82, 2.24) is 0 Å². The molecule has 2 rings (SSSR count). The van der Waals surface area contributed by atoms with Crippen molar-refractivity contribution < 1.29 is 19.4 Å². The van der Waals surface area contributed by atoms with Crippen molar-refractivity contribution in [2.24, 2.45) is 0 Å². The molecule has 0 fully saturated rings. The Kier molecular flexibility index (Phi) is 6.21. The Balaban J connectivity index is 2.41. The van der Waals surface area contributed by atoms with Gasteiger partial charge < -0.3 is 14.6 Å². The molecule has 2 aromatic rings. The van der Waals surface area contributed by atoms with Gasteiger partial charge in [-0.1, -0.05) is 30.3 Å². The van der Waals surface area contributed by atoms with Gasteiger partial charge in [-0.05, 0) is 51.9 Å². The van der Waals surface area contributed by atoms with E-state index in [-0.39, 0.29) is 0 Å². The third-order valence-corrected chi connectivity index (χ3v) is 3.91. The monoisotopic (exact) mass is 435 g/mol. The van der Waals surface area contributed by atoms with Gasteiger partial charge in [-0.2, -0.15) is 5.26 Å². The molecule has 0 spiro atoms. The number of benzene rings is 2. The summed E-state index contributed by atoms with van der Waals surface area (Å²) in [7, 11) is 1.48. The van der Waals surface area contributed by atoms with Crippen LogP contribution in [0.5, 0.6) is 11.5 Å². The van der Waals surface area contributed by atoms with E-state index >= 15 is 0 Å². The summed E-state index contributed by atoms with van der Waals surface area (Å²) in [6.07, 6.45) is 1.75. The molecule has 0 saturated heterocycles. The summed E-state index contributed by atoms with van der Waals surface area (Å²) in [5.41, 5.74) is 2.10. The number of carbonyl (C=O) groups is 1. The maximum absolute atomic E-state index is 10.7. The van der Waals surface area contributed by atoms with E-state index in [4.69, 9.17) is 14.6 Å². The summed E-state index contributed by atoms with van der Waals surface area (Å²) in [6.45, 7) is -0.449. The van der Waals surface area contributed by atoms with Crippen LogP contribution >= 0.6 is 22.6 Å². The SMILES string of the molecule is COc1cc(/C=C(\C#N)c2ccccc2)cc(I)c1OCC(=O)O. The number of hydrogen-bond donors (Lipinski definition) is 1. The fourth-order valence-corrected chi connectivity index (χ4v) is 2.84. The number of carboxylic acids is 1. The van der Waals surface area contributed by atoms with Gasteiger partial charge in [-0.3, -0.25) is 0 Å².